The highest BCUT2D eigenvalue weighted by Gasteiger charge is 2.30. The second-order valence-corrected chi connectivity index (χ2v) is 7.80. The van der Waals surface area contributed by atoms with E-state index in [-0.39, 0.29) is 10.7 Å². The number of amides is 1. The van der Waals surface area contributed by atoms with E-state index in [1.54, 1.807) is 0 Å². The third-order valence-electron chi connectivity index (χ3n) is 4.98. The maximum atomic E-state index is 12.8. The lowest BCUT2D eigenvalue weighted by Gasteiger charge is -2.30. The fourth-order valence-electron chi connectivity index (χ4n) is 3.75. The van der Waals surface area contributed by atoms with Gasteiger partial charge in [0.15, 0.2) is 0 Å². The number of likely N-dealkylation sites (tertiary alicyclic amines) is 1. The van der Waals surface area contributed by atoms with Crippen LogP contribution in [0.3, 0.4) is 0 Å². The number of hydrogen-bond acceptors (Lipinski definition) is 2. The first kappa shape index (κ1) is 16.7. The normalized spacial score (nSPS) is 24.0. The molecule has 3 aliphatic rings. The summed E-state index contributed by atoms with van der Waals surface area (Å²) >= 11 is 3.65. The van der Waals surface area contributed by atoms with Crippen LogP contribution in [0.4, 0.5) is 0 Å². The Kier molecular flexibility index (Phi) is 4.82. The number of allylic oxidation sites excluding steroid dienone is 5. The molecule has 1 saturated heterocycles. The lowest BCUT2D eigenvalue weighted by molar-refractivity contribution is -0.114. The third kappa shape index (κ3) is 3.46. The van der Waals surface area contributed by atoms with Crippen LogP contribution in [0, 0.1) is 0 Å². The molecule has 0 aromatic heterocycles. The SMILES string of the molecule is O=C1N=C2C=CC(Br)C=C2C(c2ccccc2)=C1CN1CCCCC1. The number of alkyl halides is 1. The molecule has 128 valence electrons. The number of nitrogens with zero attached hydrogens (tertiary/aromatic N) is 2. The molecule has 4 heteroatoms. The molecule has 1 amide bonds. The van der Waals surface area contributed by atoms with E-state index in [4.69, 9.17) is 0 Å². The molecule has 0 bridgehead atoms. The number of dihydropyridines is 1. The van der Waals surface area contributed by atoms with Gasteiger partial charge in [-0.15, -0.1) is 0 Å². The first-order valence-corrected chi connectivity index (χ1v) is 9.83. The molecule has 0 N–H and O–H groups in total. The van der Waals surface area contributed by atoms with E-state index in [1.807, 2.05) is 30.4 Å². The Balaban J connectivity index is 1.80. The van der Waals surface area contributed by atoms with Crippen molar-refractivity contribution in [2.75, 3.05) is 19.6 Å². The van der Waals surface area contributed by atoms with Crippen LogP contribution in [-0.4, -0.2) is 41.0 Å². The van der Waals surface area contributed by atoms with Gasteiger partial charge in [0.25, 0.3) is 5.91 Å². The van der Waals surface area contributed by atoms with Crippen molar-refractivity contribution in [2.24, 2.45) is 4.99 Å². The number of aliphatic imine (C=N–C) groups is 1. The monoisotopic (exact) mass is 396 g/mol. The summed E-state index contributed by atoms with van der Waals surface area (Å²) in [5.74, 6) is -0.0887. The molecule has 4 rings (SSSR count). The fraction of sp³-hybridized carbons (Fsp3) is 0.333. The molecule has 1 aromatic rings. The number of hydrogen-bond donors (Lipinski definition) is 0. The zero-order valence-electron chi connectivity index (χ0n) is 14.1. The number of rotatable bonds is 3. The molecule has 1 unspecified atom stereocenters. The molecule has 1 aromatic carbocycles. The van der Waals surface area contributed by atoms with Crippen molar-refractivity contribution in [2.45, 2.75) is 24.1 Å². The largest absolute Gasteiger partial charge is 0.299 e. The summed E-state index contributed by atoms with van der Waals surface area (Å²) in [6, 6.07) is 10.2. The Bertz CT molecular complexity index is 798. The molecule has 1 fully saturated rings. The summed E-state index contributed by atoms with van der Waals surface area (Å²) < 4.78 is 0. The standard InChI is InChI=1S/C21H21BrN2O/c22-16-9-10-19-17(13-16)20(15-7-3-1-4-8-15)18(21(25)23-19)14-24-11-5-2-6-12-24/h1,3-4,7-10,13,16H,2,5-6,11-12,14H2. The minimum absolute atomic E-state index is 0.0887. The van der Waals surface area contributed by atoms with Crippen LogP contribution >= 0.6 is 15.9 Å². The van der Waals surface area contributed by atoms with Gasteiger partial charge in [0, 0.05) is 23.3 Å². The average Bonchev–Trinajstić information content (AvgIpc) is 2.64. The molecule has 2 aliphatic heterocycles. The molecule has 2 heterocycles. The van der Waals surface area contributed by atoms with Crippen LogP contribution in [0.1, 0.15) is 24.8 Å². The summed E-state index contributed by atoms with van der Waals surface area (Å²) in [6.45, 7) is 2.82. The number of fused-ring (bicyclic) bond motifs is 1. The van der Waals surface area contributed by atoms with E-state index in [0.29, 0.717) is 6.54 Å². The van der Waals surface area contributed by atoms with Crippen molar-refractivity contribution in [3.8, 4) is 0 Å². The van der Waals surface area contributed by atoms with Gasteiger partial charge in [-0.2, -0.15) is 0 Å². The van der Waals surface area contributed by atoms with Gasteiger partial charge in [-0.3, -0.25) is 9.69 Å². The Morgan fingerprint density at radius 3 is 2.64 bits per heavy atom. The highest BCUT2D eigenvalue weighted by atomic mass is 79.9. The molecule has 3 nitrogen and oxygen atoms in total. The number of benzene rings is 1. The second-order valence-electron chi connectivity index (χ2n) is 6.74. The van der Waals surface area contributed by atoms with E-state index in [9.17, 15) is 4.79 Å². The smallest absolute Gasteiger partial charge is 0.275 e. The van der Waals surface area contributed by atoms with E-state index < -0.39 is 0 Å². The minimum Gasteiger partial charge on any atom is -0.299 e. The molecule has 1 atom stereocenters. The van der Waals surface area contributed by atoms with Gasteiger partial charge in [-0.1, -0.05) is 64.8 Å². The van der Waals surface area contributed by atoms with E-state index in [1.165, 1.54) is 19.3 Å². The summed E-state index contributed by atoms with van der Waals surface area (Å²) in [5, 5.41) is 0. The molecule has 1 aliphatic carbocycles. The number of carbonyl (C=O) groups is 1. The molecular weight excluding hydrogens is 376 g/mol. The Labute approximate surface area is 157 Å². The lowest BCUT2D eigenvalue weighted by atomic mass is 9.85. The summed E-state index contributed by atoms with van der Waals surface area (Å²) in [4.78, 5) is 19.8. The molecule has 0 radical (unpaired) electrons. The third-order valence-corrected chi connectivity index (χ3v) is 5.55. The van der Waals surface area contributed by atoms with E-state index in [0.717, 1.165) is 41.1 Å². The van der Waals surface area contributed by atoms with Gasteiger partial charge >= 0.3 is 0 Å². The number of halogens is 1. The van der Waals surface area contributed by atoms with Crippen molar-refractivity contribution < 1.29 is 4.79 Å². The van der Waals surface area contributed by atoms with Crippen LogP contribution in [0.2, 0.25) is 0 Å². The van der Waals surface area contributed by atoms with Gasteiger partial charge < -0.3 is 0 Å². The van der Waals surface area contributed by atoms with Crippen LogP contribution in [0.15, 0.2) is 64.7 Å². The van der Waals surface area contributed by atoms with Gasteiger partial charge in [0.1, 0.15) is 0 Å². The summed E-state index contributed by atoms with van der Waals surface area (Å²) in [7, 11) is 0. The Morgan fingerprint density at radius 1 is 1.12 bits per heavy atom. The molecule has 0 saturated carbocycles. The van der Waals surface area contributed by atoms with Gasteiger partial charge in [-0.05, 0) is 37.6 Å². The van der Waals surface area contributed by atoms with E-state index in [2.05, 4.69) is 44.0 Å². The molecule has 0 spiro atoms. The topological polar surface area (TPSA) is 32.7 Å². The first-order chi connectivity index (χ1) is 12.2. The van der Waals surface area contributed by atoms with Gasteiger partial charge in [0.2, 0.25) is 0 Å². The molecule has 25 heavy (non-hydrogen) atoms. The van der Waals surface area contributed by atoms with Crippen molar-refractivity contribution in [3.63, 3.8) is 0 Å². The second kappa shape index (κ2) is 7.22. The predicted molar refractivity (Wildman–Crippen MR) is 106 cm³/mol. The van der Waals surface area contributed by atoms with Crippen molar-refractivity contribution >= 4 is 33.1 Å². The molecular formula is C21H21BrN2O. The van der Waals surface area contributed by atoms with Crippen molar-refractivity contribution in [1.82, 2.24) is 4.90 Å². The quantitative estimate of drug-likeness (QED) is 0.718. The lowest BCUT2D eigenvalue weighted by Crippen LogP contribution is -2.34. The fourth-order valence-corrected chi connectivity index (χ4v) is 4.17. The highest BCUT2D eigenvalue weighted by molar-refractivity contribution is 9.09. The van der Waals surface area contributed by atoms with Crippen LogP contribution in [0.5, 0.6) is 0 Å². The zero-order valence-corrected chi connectivity index (χ0v) is 15.7. The zero-order chi connectivity index (χ0) is 17.2. The predicted octanol–water partition coefficient (Wildman–Crippen LogP) is 4.17. The van der Waals surface area contributed by atoms with Crippen LogP contribution < -0.4 is 0 Å². The van der Waals surface area contributed by atoms with Crippen molar-refractivity contribution in [3.05, 3.63) is 65.3 Å². The average molecular weight is 397 g/mol. The van der Waals surface area contributed by atoms with Crippen LogP contribution in [-0.2, 0) is 4.79 Å². The summed E-state index contributed by atoms with van der Waals surface area (Å²) in [6.07, 6.45) is 9.85. The number of carbonyl (C=O) groups excluding carboxylic acids is 1. The number of piperidine rings is 1. The Morgan fingerprint density at radius 2 is 1.88 bits per heavy atom. The van der Waals surface area contributed by atoms with Gasteiger partial charge in [-0.25, -0.2) is 4.99 Å². The Hall–Kier alpha value is -1.78. The minimum atomic E-state index is -0.0887. The maximum Gasteiger partial charge on any atom is 0.275 e. The van der Waals surface area contributed by atoms with E-state index >= 15 is 0 Å². The summed E-state index contributed by atoms with van der Waals surface area (Å²) in [5.41, 5.74) is 4.83. The van der Waals surface area contributed by atoms with Crippen LogP contribution in [0.25, 0.3) is 5.57 Å². The maximum absolute atomic E-state index is 12.8. The van der Waals surface area contributed by atoms with Crippen molar-refractivity contribution in [1.29, 1.82) is 0 Å². The van der Waals surface area contributed by atoms with Gasteiger partial charge in [0.05, 0.1) is 10.5 Å². The highest BCUT2D eigenvalue weighted by Crippen LogP contribution is 2.35. The first-order valence-electron chi connectivity index (χ1n) is 8.91.